The molecule has 6 nitrogen and oxygen atoms in total. The normalized spacial score (nSPS) is 15.2. The van der Waals surface area contributed by atoms with E-state index in [1.807, 2.05) is 30.3 Å². The minimum absolute atomic E-state index is 0.0286. The van der Waals surface area contributed by atoms with Gasteiger partial charge in [-0.3, -0.25) is 9.78 Å². The van der Waals surface area contributed by atoms with Gasteiger partial charge in [0.05, 0.1) is 18.8 Å². The van der Waals surface area contributed by atoms with E-state index in [0.717, 1.165) is 24.0 Å². The first-order valence-electron chi connectivity index (χ1n) is 8.94. The summed E-state index contributed by atoms with van der Waals surface area (Å²) in [6.45, 7) is 0.541. The van der Waals surface area contributed by atoms with Gasteiger partial charge in [-0.2, -0.15) is 0 Å². The van der Waals surface area contributed by atoms with Crippen LogP contribution in [0.3, 0.4) is 0 Å². The highest BCUT2D eigenvalue weighted by atomic mass is 16.2. The van der Waals surface area contributed by atoms with Gasteiger partial charge in [-0.05, 0) is 36.0 Å². The van der Waals surface area contributed by atoms with Crippen LogP contribution in [0.15, 0.2) is 61.1 Å². The van der Waals surface area contributed by atoms with Crippen LogP contribution in [-0.2, 0) is 6.54 Å². The molecule has 1 aliphatic carbocycles. The van der Waals surface area contributed by atoms with Crippen LogP contribution < -0.4 is 5.32 Å². The first-order valence-corrected chi connectivity index (χ1v) is 8.94. The number of amides is 1. The number of hydrogen-bond acceptors (Lipinski definition) is 4. The highest BCUT2D eigenvalue weighted by Gasteiger charge is 2.30. The third-order valence-corrected chi connectivity index (χ3v) is 4.91. The summed E-state index contributed by atoms with van der Waals surface area (Å²) < 4.78 is 1.66. The average molecular weight is 347 g/mol. The van der Waals surface area contributed by atoms with Crippen molar-refractivity contribution in [3.63, 3.8) is 0 Å². The Kier molecular flexibility index (Phi) is 4.73. The predicted molar refractivity (Wildman–Crippen MR) is 97.4 cm³/mol. The molecule has 0 spiro atoms. The molecule has 2 heterocycles. The van der Waals surface area contributed by atoms with Crippen molar-refractivity contribution in [2.75, 3.05) is 0 Å². The van der Waals surface area contributed by atoms with Crippen LogP contribution >= 0.6 is 0 Å². The standard InChI is InChI=1S/C20H21N5O/c26-20(18-14-25(24-23-18)13-15-6-5-11-21-12-15)22-19(17-9-4-10-17)16-7-2-1-3-8-16/h1-3,5-8,11-12,14,17,19H,4,9-10,13H2,(H,22,26)/t19-/m0/s1. The smallest absolute Gasteiger partial charge is 0.273 e. The van der Waals surface area contributed by atoms with Crippen LogP contribution in [0.1, 0.15) is 46.9 Å². The third kappa shape index (κ3) is 3.64. The molecule has 6 heteroatoms. The van der Waals surface area contributed by atoms with Crippen molar-refractivity contribution >= 4 is 5.91 Å². The van der Waals surface area contributed by atoms with E-state index in [2.05, 4.69) is 32.7 Å². The van der Waals surface area contributed by atoms with Gasteiger partial charge in [0.1, 0.15) is 0 Å². The first kappa shape index (κ1) is 16.4. The molecule has 132 valence electrons. The molecule has 2 aromatic heterocycles. The zero-order chi connectivity index (χ0) is 17.8. The molecule has 3 aromatic rings. The number of carbonyl (C=O) groups is 1. The lowest BCUT2D eigenvalue weighted by atomic mass is 9.77. The van der Waals surface area contributed by atoms with Gasteiger partial charge in [0.25, 0.3) is 5.91 Å². The van der Waals surface area contributed by atoms with E-state index in [0.29, 0.717) is 18.2 Å². The molecule has 1 saturated carbocycles. The van der Waals surface area contributed by atoms with E-state index < -0.39 is 0 Å². The van der Waals surface area contributed by atoms with Crippen LogP contribution in [0.25, 0.3) is 0 Å². The van der Waals surface area contributed by atoms with Crippen molar-refractivity contribution in [3.8, 4) is 0 Å². The summed E-state index contributed by atoms with van der Waals surface area (Å²) in [6.07, 6.45) is 8.72. The Balaban J connectivity index is 1.46. The molecule has 0 unspecified atom stereocenters. The molecule has 1 aliphatic rings. The molecule has 1 amide bonds. The van der Waals surface area contributed by atoms with Crippen LogP contribution in [-0.4, -0.2) is 25.9 Å². The number of pyridine rings is 1. The maximum Gasteiger partial charge on any atom is 0.273 e. The number of hydrogen-bond donors (Lipinski definition) is 1. The van der Waals surface area contributed by atoms with Crippen LogP contribution in [0, 0.1) is 5.92 Å². The average Bonchev–Trinajstić information content (AvgIpc) is 3.10. The fourth-order valence-corrected chi connectivity index (χ4v) is 3.28. The van der Waals surface area contributed by atoms with E-state index in [1.165, 1.54) is 6.42 Å². The summed E-state index contributed by atoms with van der Waals surface area (Å²) in [6, 6.07) is 14.0. The highest BCUT2D eigenvalue weighted by molar-refractivity contribution is 5.92. The van der Waals surface area contributed by atoms with Gasteiger partial charge in [-0.25, -0.2) is 4.68 Å². The van der Waals surface area contributed by atoms with Crippen molar-refractivity contribution in [1.82, 2.24) is 25.3 Å². The molecule has 4 rings (SSSR count). The number of rotatable bonds is 6. The molecule has 1 aromatic carbocycles. The minimum atomic E-state index is -0.178. The second-order valence-corrected chi connectivity index (χ2v) is 6.72. The Morgan fingerprint density at radius 2 is 2.04 bits per heavy atom. The van der Waals surface area contributed by atoms with Crippen LogP contribution in [0.4, 0.5) is 0 Å². The topological polar surface area (TPSA) is 72.7 Å². The van der Waals surface area contributed by atoms with Crippen molar-refractivity contribution in [3.05, 3.63) is 77.9 Å². The Morgan fingerprint density at radius 3 is 2.73 bits per heavy atom. The fourth-order valence-electron chi connectivity index (χ4n) is 3.28. The summed E-state index contributed by atoms with van der Waals surface area (Å²) in [7, 11) is 0. The van der Waals surface area contributed by atoms with Crippen molar-refractivity contribution in [2.45, 2.75) is 31.8 Å². The zero-order valence-electron chi connectivity index (χ0n) is 14.5. The number of benzene rings is 1. The minimum Gasteiger partial charge on any atom is -0.344 e. The largest absolute Gasteiger partial charge is 0.344 e. The predicted octanol–water partition coefficient (Wildman–Crippen LogP) is 2.99. The highest BCUT2D eigenvalue weighted by Crippen LogP contribution is 2.37. The fraction of sp³-hybridized carbons (Fsp3) is 0.300. The summed E-state index contributed by atoms with van der Waals surface area (Å²) in [4.78, 5) is 16.8. The zero-order valence-corrected chi connectivity index (χ0v) is 14.5. The lowest BCUT2D eigenvalue weighted by molar-refractivity contribution is 0.0895. The van der Waals surface area contributed by atoms with Crippen molar-refractivity contribution < 1.29 is 4.79 Å². The summed E-state index contributed by atoms with van der Waals surface area (Å²) >= 11 is 0. The van der Waals surface area contributed by atoms with Crippen molar-refractivity contribution in [2.24, 2.45) is 5.92 Å². The van der Waals surface area contributed by atoms with Crippen molar-refractivity contribution in [1.29, 1.82) is 0 Å². The third-order valence-electron chi connectivity index (χ3n) is 4.91. The summed E-state index contributed by atoms with van der Waals surface area (Å²) in [5.41, 5.74) is 2.50. The molecule has 1 N–H and O–H groups in total. The lowest BCUT2D eigenvalue weighted by Crippen LogP contribution is -2.36. The molecule has 1 atom stereocenters. The van der Waals surface area contributed by atoms with E-state index in [9.17, 15) is 4.79 Å². The molecule has 26 heavy (non-hydrogen) atoms. The Labute approximate surface area is 152 Å². The Bertz CT molecular complexity index is 858. The maximum atomic E-state index is 12.7. The molecule has 0 saturated heterocycles. The van der Waals surface area contributed by atoms with E-state index >= 15 is 0 Å². The van der Waals surface area contributed by atoms with Gasteiger partial charge in [0.15, 0.2) is 5.69 Å². The molecule has 0 radical (unpaired) electrons. The number of carbonyl (C=O) groups excluding carboxylic acids is 1. The molecular formula is C20H21N5O. The first-order chi connectivity index (χ1) is 12.8. The van der Waals surface area contributed by atoms with Gasteiger partial charge < -0.3 is 5.32 Å². The van der Waals surface area contributed by atoms with Gasteiger partial charge in [0.2, 0.25) is 0 Å². The van der Waals surface area contributed by atoms with E-state index in [4.69, 9.17) is 0 Å². The molecule has 0 bridgehead atoms. The Morgan fingerprint density at radius 1 is 1.19 bits per heavy atom. The quantitative estimate of drug-likeness (QED) is 0.744. The van der Waals surface area contributed by atoms with Crippen LogP contribution in [0.5, 0.6) is 0 Å². The van der Waals surface area contributed by atoms with Gasteiger partial charge in [-0.1, -0.05) is 48.0 Å². The summed E-state index contributed by atoms with van der Waals surface area (Å²) in [5.74, 6) is 0.315. The van der Waals surface area contributed by atoms with Gasteiger partial charge >= 0.3 is 0 Å². The molecule has 1 fully saturated rings. The van der Waals surface area contributed by atoms with E-state index in [-0.39, 0.29) is 11.9 Å². The SMILES string of the molecule is O=C(N[C@@H](c1ccccc1)C1CCC1)c1cn(Cc2cccnc2)nn1. The lowest BCUT2D eigenvalue weighted by Gasteiger charge is -2.34. The second-order valence-electron chi connectivity index (χ2n) is 6.72. The second kappa shape index (κ2) is 7.47. The van der Waals surface area contributed by atoms with E-state index in [1.54, 1.807) is 23.3 Å². The number of nitrogens with one attached hydrogen (secondary N) is 1. The van der Waals surface area contributed by atoms with Gasteiger partial charge in [0, 0.05) is 12.4 Å². The van der Waals surface area contributed by atoms with Gasteiger partial charge in [-0.15, -0.1) is 5.10 Å². The monoisotopic (exact) mass is 347 g/mol. The molecule has 0 aliphatic heterocycles. The molecular weight excluding hydrogens is 326 g/mol. The Hall–Kier alpha value is -3.02. The van der Waals surface area contributed by atoms with Crippen LogP contribution in [0.2, 0.25) is 0 Å². The summed E-state index contributed by atoms with van der Waals surface area (Å²) in [5, 5.41) is 11.3. The number of nitrogens with zero attached hydrogens (tertiary/aromatic N) is 4. The maximum absolute atomic E-state index is 12.7. The number of aromatic nitrogens is 4.